The summed E-state index contributed by atoms with van der Waals surface area (Å²) in [4.78, 5) is 26.8. The topological polar surface area (TPSA) is 98.1 Å². The predicted molar refractivity (Wildman–Crippen MR) is 169 cm³/mol. The van der Waals surface area contributed by atoms with Crippen molar-refractivity contribution < 1.29 is 4.74 Å². The van der Waals surface area contributed by atoms with Crippen molar-refractivity contribution in [1.29, 1.82) is 5.26 Å². The minimum atomic E-state index is -0.411. The molecule has 0 N–H and O–H groups in total. The maximum atomic E-state index is 13.4. The molecule has 0 aliphatic carbocycles. The third-order valence-corrected chi connectivity index (χ3v) is 6.82. The van der Waals surface area contributed by atoms with Gasteiger partial charge in [0, 0.05) is 54.3 Å². The molecule has 9 heteroatoms. The molecule has 0 spiro atoms. The molecule has 6 rings (SSSR count). The number of hydrogen-bond acceptors (Lipinski definition) is 6. The smallest absolute Gasteiger partial charge is 0.326 e. The zero-order chi connectivity index (χ0) is 28.8. The van der Waals surface area contributed by atoms with Gasteiger partial charge < -0.3 is 13.7 Å². The zero-order valence-electron chi connectivity index (χ0n) is 23.2. The van der Waals surface area contributed by atoms with Gasteiger partial charge in [-0.1, -0.05) is 57.7 Å². The van der Waals surface area contributed by atoms with Crippen LogP contribution in [0.25, 0.3) is 27.5 Å². The van der Waals surface area contributed by atoms with Gasteiger partial charge in [0.15, 0.2) is 0 Å². The first kappa shape index (κ1) is 29.8. The van der Waals surface area contributed by atoms with Crippen LogP contribution in [-0.4, -0.2) is 37.7 Å². The molecule has 5 heterocycles. The Kier molecular flexibility index (Phi) is 9.51. The average Bonchev–Trinajstić information content (AvgIpc) is 3.44. The standard InChI is InChI=1S/C30H23BN6O2.C2H6.CH4/c1-39-24-9-11-34-28(13-24)31(20-32)14-21-7-8-29-35-23(19-37(29)17-21)18-36-12-10-25-26(22-5-3-2-4-6-22)15-33-16-27(25)30(36)38;1-2;/h2-13,15-17,19H,14,18H2,1H3;1-2H3;1H4. The lowest BCUT2D eigenvalue weighted by molar-refractivity contribution is 0.414. The number of fused-ring (bicyclic) bond motifs is 2. The Morgan fingerprint density at radius 1 is 1.00 bits per heavy atom. The van der Waals surface area contributed by atoms with E-state index >= 15 is 0 Å². The van der Waals surface area contributed by atoms with Crippen LogP contribution in [0, 0.1) is 11.2 Å². The van der Waals surface area contributed by atoms with Crippen LogP contribution in [0.4, 0.5) is 0 Å². The van der Waals surface area contributed by atoms with E-state index in [2.05, 4.69) is 15.9 Å². The summed E-state index contributed by atoms with van der Waals surface area (Å²) in [6.45, 7) is 3.92. The van der Waals surface area contributed by atoms with Crippen molar-refractivity contribution in [3.05, 3.63) is 119 Å². The highest BCUT2D eigenvalue weighted by atomic mass is 16.5. The first-order valence-electron chi connectivity index (χ1n) is 13.5. The van der Waals surface area contributed by atoms with E-state index in [-0.39, 0.29) is 13.0 Å². The molecule has 0 saturated heterocycles. The summed E-state index contributed by atoms with van der Waals surface area (Å²) in [6.07, 6.45) is 11.3. The van der Waals surface area contributed by atoms with Gasteiger partial charge >= 0.3 is 6.71 Å². The Morgan fingerprint density at radius 2 is 1.81 bits per heavy atom. The van der Waals surface area contributed by atoms with E-state index in [1.807, 2.05) is 85.4 Å². The molecule has 0 aliphatic rings. The van der Waals surface area contributed by atoms with Crippen LogP contribution >= 0.6 is 0 Å². The second kappa shape index (κ2) is 13.4. The molecule has 0 radical (unpaired) electrons. The third-order valence-electron chi connectivity index (χ3n) is 6.82. The van der Waals surface area contributed by atoms with Crippen LogP contribution in [0.3, 0.4) is 0 Å². The van der Waals surface area contributed by atoms with Crippen molar-refractivity contribution in [2.24, 2.45) is 0 Å². The second-order valence-electron chi connectivity index (χ2n) is 9.30. The van der Waals surface area contributed by atoms with Crippen molar-refractivity contribution in [2.45, 2.75) is 34.1 Å². The predicted octanol–water partition coefficient (Wildman–Crippen LogP) is 5.37. The molecule has 0 unspecified atom stereocenters. The summed E-state index contributed by atoms with van der Waals surface area (Å²) in [5.41, 5.74) is 5.00. The SMILES string of the molecule is C.CC.COc1ccnc(B(C#N)Cc2ccc3nc(Cn4ccc5c(-c6ccccc6)cncc5c4=O)cn3c2)c1. The van der Waals surface area contributed by atoms with Crippen molar-refractivity contribution in [2.75, 3.05) is 7.11 Å². The minimum absolute atomic E-state index is 0. The molecule has 0 bridgehead atoms. The molecule has 5 aromatic heterocycles. The molecule has 0 saturated carbocycles. The summed E-state index contributed by atoms with van der Waals surface area (Å²) in [7, 11) is 1.59. The molecular weight excluding hydrogens is 523 g/mol. The van der Waals surface area contributed by atoms with Crippen molar-refractivity contribution in [1.82, 2.24) is 23.9 Å². The van der Waals surface area contributed by atoms with E-state index in [0.29, 0.717) is 29.6 Å². The Bertz CT molecular complexity index is 1910. The number of ether oxygens (including phenoxy) is 1. The Balaban J connectivity index is 0.00000132. The molecular formula is C33H33BN6O2. The van der Waals surface area contributed by atoms with Crippen molar-refractivity contribution in [3.63, 3.8) is 0 Å². The number of imidazole rings is 1. The van der Waals surface area contributed by atoms with Gasteiger partial charge in [-0.25, -0.2) is 10.2 Å². The quantitative estimate of drug-likeness (QED) is 0.245. The number of nitriles is 1. The molecule has 0 amide bonds. The second-order valence-corrected chi connectivity index (χ2v) is 9.30. The molecule has 0 aliphatic heterocycles. The normalized spacial score (nSPS) is 10.3. The number of hydrogen-bond donors (Lipinski definition) is 0. The fourth-order valence-corrected chi connectivity index (χ4v) is 4.84. The minimum Gasteiger partial charge on any atom is -0.497 e. The number of benzene rings is 1. The van der Waals surface area contributed by atoms with Gasteiger partial charge in [-0.15, -0.1) is 0 Å². The Labute approximate surface area is 246 Å². The zero-order valence-corrected chi connectivity index (χ0v) is 23.2. The Morgan fingerprint density at radius 3 is 2.57 bits per heavy atom. The lowest BCUT2D eigenvalue weighted by Gasteiger charge is -2.09. The van der Waals surface area contributed by atoms with Gasteiger partial charge in [0.25, 0.3) is 5.56 Å². The van der Waals surface area contributed by atoms with Crippen LogP contribution < -0.4 is 15.9 Å². The lowest BCUT2D eigenvalue weighted by Crippen LogP contribution is -2.34. The average molecular weight is 556 g/mol. The highest BCUT2D eigenvalue weighted by Gasteiger charge is 2.20. The fourth-order valence-electron chi connectivity index (χ4n) is 4.84. The number of pyridine rings is 4. The van der Waals surface area contributed by atoms with Crippen LogP contribution in [0.1, 0.15) is 32.5 Å². The first-order chi connectivity index (χ1) is 20.1. The highest BCUT2D eigenvalue weighted by molar-refractivity contribution is 6.78. The number of aromatic nitrogens is 5. The van der Waals surface area contributed by atoms with Crippen LogP contribution in [0.5, 0.6) is 5.75 Å². The monoisotopic (exact) mass is 556 g/mol. The van der Waals surface area contributed by atoms with Gasteiger partial charge in [-0.3, -0.25) is 14.8 Å². The number of methoxy groups -OCH3 is 1. The van der Waals surface area contributed by atoms with Crippen LogP contribution in [0.2, 0.25) is 0 Å². The Hall–Kier alpha value is -5.23. The molecule has 42 heavy (non-hydrogen) atoms. The van der Waals surface area contributed by atoms with E-state index in [0.717, 1.165) is 33.4 Å². The van der Waals surface area contributed by atoms with E-state index in [1.165, 1.54) is 0 Å². The van der Waals surface area contributed by atoms with E-state index in [1.54, 1.807) is 42.4 Å². The summed E-state index contributed by atoms with van der Waals surface area (Å²) in [5, 5.41) is 11.2. The summed E-state index contributed by atoms with van der Waals surface area (Å²) < 4.78 is 8.86. The molecule has 210 valence electrons. The van der Waals surface area contributed by atoms with Gasteiger partial charge in [0.2, 0.25) is 0 Å². The third kappa shape index (κ3) is 6.08. The van der Waals surface area contributed by atoms with Crippen molar-refractivity contribution >= 4 is 28.7 Å². The van der Waals surface area contributed by atoms with Crippen molar-refractivity contribution in [3.8, 4) is 22.8 Å². The molecule has 0 atom stereocenters. The number of rotatable bonds is 7. The largest absolute Gasteiger partial charge is 0.497 e. The molecule has 0 fully saturated rings. The maximum Gasteiger partial charge on any atom is 0.326 e. The summed E-state index contributed by atoms with van der Waals surface area (Å²) >= 11 is 0. The van der Waals surface area contributed by atoms with Gasteiger partial charge in [-0.2, -0.15) is 0 Å². The summed E-state index contributed by atoms with van der Waals surface area (Å²) in [6, 6.07) is 19.3. The molecule has 8 nitrogen and oxygen atoms in total. The first-order valence-corrected chi connectivity index (χ1v) is 13.5. The van der Waals surface area contributed by atoms with Crippen LogP contribution in [-0.2, 0) is 12.9 Å². The summed E-state index contributed by atoms with van der Waals surface area (Å²) in [5.74, 6) is 3.03. The van der Waals surface area contributed by atoms with Gasteiger partial charge in [0.1, 0.15) is 11.4 Å². The van der Waals surface area contributed by atoms with Crippen LogP contribution in [0.15, 0.2) is 103 Å². The van der Waals surface area contributed by atoms with Gasteiger partial charge in [-0.05, 0) is 47.1 Å². The molecule has 6 aromatic rings. The maximum absolute atomic E-state index is 13.4. The van der Waals surface area contributed by atoms with Gasteiger partial charge in [0.05, 0.1) is 24.7 Å². The molecule has 1 aromatic carbocycles. The van der Waals surface area contributed by atoms with E-state index in [9.17, 15) is 10.1 Å². The van der Waals surface area contributed by atoms with E-state index < -0.39 is 6.71 Å². The lowest BCUT2D eigenvalue weighted by atomic mass is 9.45. The number of nitrogens with zero attached hydrogens (tertiary/aromatic N) is 6. The highest BCUT2D eigenvalue weighted by Crippen LogP contribution is 2.25. The fraction of sp³-hybridized carbons (Fsp3) is 0.182. The van der Waals surface area contributed by atoms with E-state index in [4.69, 9.17) is 9.72 Å².